The van der Waals surface area contributed by atoms with E-state index in [0.717, 1.165) is 0 Å². The smallest absolute Gasteiger partial charge is 0.331 e. The van der Waals surface area contributed by atoms with Crippen LogP contribution in [0, 0.1) is 0 Å². The summed E-state index contributed by atoms with van der Waals surface area (Å²) in [5.41, 5.74) is -0.636. The second-order valence-corrected chi connectivity index (χ2v) is 15.1. The maximum Gasteiger partial charge on any atom is 0.331 e. The van der Waals surface area contributed by atoms with Gasteiger partial charge in [-0.15, -0.1) is 0 Å². The molecule has 2 aliphatic rings. The molecule has 0 saturated carbocycles. The van der Waals surface area contributed by atoms with Gasteiger partial charge >= 0.3 is 5.69 Å². The number of nitrogens with zero attached hydrogens (tertiary/aromatic N) is 1. The highest BCUT2D eigenvalue weighted by Crippen LogP contribution is 2.44. The van der Waals surface area contributed by atoms with Crippen LogP contribution in [0.3, 0.4) is 0 Å². The minimum absolute atomic E-state index is 0.0560. The highest BCUT2D eigenvalue weighted by molar-refractivity contribution is 9.11. The first-order chi connectivity index (χ1) is 13.8. The molecule has 2 aliphatic heterocycles. The maximum absolute atomic E-state index is 12.7. The van der Waals surface area contributed by atoms with Crippen molar-refractivity contribution in [3.8, 4) is 0 Å². The molecule has 0 bridgehead atoms. The molecule has 2 saturated heterocycles. The van der Waals surface area contributed by atoms with Gasteiger partial charge in [0.05, 0.1) is 12.3 Å². The van der Waals surface area contributed by atoms with E-state index in [9.17, 15) is 9.59 Å². The Bertz CT molecular complexity index is 932. The van der Waals surface area contributed by atoms with Crippen molar-refractivity contribution in [1.29, 1.82) is 0 Å². The molecule has 2 fully saturated rings. The Morgan fingerprint density at radius 3 is 2.50 bits per heavy atom. The van der Waals surface area contributed by atoms with Crippen LogP contribution in [-0.2, 0) is 18.6 Å². The van der Waals surface area contributed by atoms with Gasteiger partial charge in [0.1, 0.15) is 18.3 Å². The molecule has 3 heterocycles. The minimum Gasteiger partial charge on any atom is -0.414 e. The van der Waals surface area contributed by atoms with Crippen molar-refractivity contribution < 1.29 is 18.6 Å². The third kappa shape index (κ3) is 4.58. The lowest BCUT2D eigenvalue weighted by molar-refractivity contribution is -0.200. The lowest BCUT2D eigenvalue weighted by Gasteiger charge is -2.37. The van der Waals surface area contributed by atoms with Crippen molar-refractivity contribution in [3.63, 3.8) is 0 Å². The van der Waals surface area contributed by atoms with Crippen LogP contribution in [-0.4, -0.2) is 48.6 Å². The predicted molar refractivity (Wildman–Crippen MR) is 120 cm³/mol. The van der Waals surface area contributed by atoms with Gasteiger partial charge in [0, 0.05) is 6.07 Å². The second kappa shape index (κ2) is 8.14. The predicted octanol–water partition coefficient (Wildman–Crippen LogP) is 3.34. The number of rotatable bonds is 5. The highest BCUT2D eigenvalue weighted by Gasteiger charge is 2.56. The SMILES string of the molecule is CC1(C)O[C@@H]2[C@H](O1)[C@@H](CO[Si](C)(C)C(C)(C)C)O[C@H]2n1c(/C=C\Br)cc(=O)[nH]c1=O. The van der Waals surface area contributed by atoms with E-state index < -0.39 is 49.9 Å². The van der Waals surface area contributed by atoms with E-state index in [4.69, 9.17) is 18.6 Å². The number of halogens is 1. The number of hydrogen-bond acceptors (Lipinski definition) is 6. The third-order valence-electron chi connectivity index (χ3n) is 6.03. The third-order valence-corrected chi connectivity index (χ3v) is 10.8. The first kappa shape index (κ1) is 23.6. The van der Waals surface area contributed by atoms with E-state index in [-0.39, 0.29) is 5.04 Å². The van der Waals surface area contributed by atoms with Crippen molar-refractivity contribution in [2.24, 2.45) is 0 Å². The zero-order valence-corrected chi connectivity index (χ0v) is 21.1. The van der Waals surface area contributed by atoms with E-state index in [1.54, 1.807) is 11.1 Å². The average molecular weight is 503 g/mol. The minimum atomic E-state index is -2.01. The molecule has 0 aliphatic carbocycles. The highest BCUT2D eigenvalue weighted by atomic mass is 79.9. The van der Waals surface area contributed by atoms with Crippen molar-refractivity contribution in [1.82, 2.24) is 9.55 Å². The Balaban J connectivity index is 1.95. The van der Waals surface area contributed by atoms with Crippen LogP contribution in [0.4, 0.5) is 0 Å². The monoisotopic (exact) mass is 502 g/mol. The molecule has 0 aromatic carbocycles. The molecule has 168 valence electrons. The molecule has 0 amide bonds. The summed E-state index contributed by atoms with van der Waals surface area (Å²) in [6.45, 7) is 14.9. The van der Waals surface area contributed by atoms with Gasteiger partial charge in [-0.1, -0.05) is 36.7 Å². The lowest BCUT2D eigenvalue weighted by atomic mass is 10.1. The van der Waals surface area contributed by atoms with Gasteiger partial charge in [-0.2, -0.15) is 0 Å². The van der Waals surface area contributed by atoms with Gasteiger partial charge in [0.25, 0.3) is 5.56 Å². The first-order valence-corrected chi connectivity index (χ1v) is 13.9. The summed E-state index contributed by atoms with van der Waals surface area (Å²) in [7, 11) is -2.01. The molecule has 8 nitrogen and oxygen atoms in total. The lowest BCUT2D eigenvalue weighted by Crippen LogP contribution is -2.44. The summed E-state index contributed by atoms with van der Waals surface area (Å²) >= 11 is 3.21. The molecule has 4 atom stereocenters. The Morgan fingerprint density at radius 2 is 1.90 bits per heavy atom. The van der Waals surface area contributed by atoms with Gasteiger partial charge in [-0.3, -0.25) is 14.3 Å². The fraction of sp³-hybridized carbons (Fsp3) is 0.700. The second-order valence-electron chi connectivity index (χ2n) is 9.73. The molecular weight excluding hydrogens is 472 g/mol. The van der Waals surface area contributed by atoms with Crippen LogP contribution in [0.15, 0.2) is 20.6 Å². The first-order valence-electron chi connectivity index (χ1n) is 10.0. The molecular formula is C20H31BrN2O6Si. The molecule has 0 unspecified atom stereocenters. The van der Waals surface area contributed by atoms with E-state index in [1.165, 1.54) is 10.6 Å². The van der Waals surface area contributed by atoms with Crippen LogP contribution >= 0.6 is 15.9 Å². The van der Waals surface area contributed by atoms with Gasteiger partial charge in [-0.25, -0.2) is 4.79 Å². The van der Waals surface area contributed by atoms with Crippen molar-refractivity contribution in [2.75, 3.05) is 6.61 Å². The van der Waals surface area contributed by atoms with Gasteiger partial charge in [0.15, 0.2) is 20.3 Å². The molecule has 0 spiro atoms. The number of H-pyrrole nitrogens is 1. The van der Waals surface area contributed by atoms with Crippen LogP contribution in [0.5, 0.6) is 0 Å². The summed E-state index contributed by atoms with van der Waals surface area (Å²) in [4.78, 5) is 28.4. The largest absolute Gasteiger partial charge is 0.414 e. The standard InChI is InChI=1S/C20H31BrN2O6Si/c1-19(2,3)30(6,7)26-11-13-15-16(29-20(4,5)28-15)17(27-13)23-12(8-9-21)10-14(24)22-18(23)25/h8-10,13,15-17H,11H2,1-7H3,(H,22,24,25)/b9-8-/t13-,15-,16-,17-/m1/s1. The summed E-state index contributed by atoms with van der Waals surface area (Å²) in [5, 5.41) is 0.0560. The molecule has 1 N–H and O–H groups in total. The van der Waals surface area contributed by atoms with Gasteiger partial charge in [-0.05, 0) is 43.0 Å². The molecule has 30 heavy (non-hydrogen) atoms. The Hall–Kier alpha value is -1.04. The Kier molecular flexibility index (Phi) is 6.41. The van der Waals surface area contributed by atoms with Crippen LogP contribution in [0.1, 0.15) is 46.5 Å². The molecule has 10 heteroatoms. The summed E-state index contributed by atoms with van der Waals surface area (Å²) in [6, 6.07) is 1.35. The number of ether oxygens (including phenoxy) is 3. The Morgan fingerprint density at radius 1 is 1.27 bits per heavy atom. The fourth-order valence-corrected chi connectivity index (χ4v) is 4.77. The number of aromatic amines is 1. The summed E-state index contributed by atoms with van der Waals surface area (Å²) in [6.07, 6.45) is -0.452. The van der Waals surface area contributed by atoms with Crippen molar-refractivity contribution in [2.45, 2.75) is 83.1 Å². The molecule has 1 aromatic heterocycles. The summed E-state index contributed by atoms with van der Waals surface area (Å²) in [5.74, 6) is -0.816. The number of nitrogens with one attached hydrogen (secondary N) is 1. The zero-order valence-electron chi connectivity index (χ0n) is 18.5. The summed E-state index contributed by atoms with van der Waals surface area (Å²) < 4.78 is 26.3. The topological polar surface area (TPSA) is 91.8 Å². The van der Waals surface area contributed by atoms with E-state index in [0.29, 0.717) is 12.3 Å². The number of fused-ring (bicyclic) bond motifs is 1. The Labute approximate surface area is 185 Å². The number of hydrogen-bond donors (Lipinski definition) is 1. The fourth-order valence-electron chi connectivity index (χ4n) is 3.49. The van der Waals surface area contributed by atoms with Crippen LogP contribution < -0.4 is 11.2 Å². The van der Waals surface area contributed by atoms with Gasteiger partial charge < -0.3 is 18.6 Å². The zero-order chi connectivity index (χ0) is 22.5. The number of aromatic nitrogens is 2. The molecule has 1 aromatic rings. The van der Waals surface area contributed by atoms with Crippen molar-refractivity contribution in [3.05, 3.63) is 37.6 Å². The van der Waals surface area contributed by atoms with Crippen molar-refractivity contribution >= 4 is 30.3 Å². The van der Waals surface area contributed by atoms with Gasteiger partial charge in [0.2, 0.25) is 0 Å². The van der Waals surface area contributed by atoms with Crippen LogP contribution in [0.25, 0.3) is 6.08 Å². The average Bonchev–Trinajstić information content (AvgIpc) is 3.05. The quantitative estimate of drug-likeness (QED) is 0.620. The van der Waals surface area contributed by atoms with E-state index >= 15 is 0 Å². The van der Waals surface area contributed by atoms with E-state index in [2.05, 4.69) is 54.8 Å². The normalized spacial score (nSPS) is 28.9. The molecule has 0 radical (unpaired) electrons. The maximum atomic E-state index is 12.7. The van der Waals surface area contributed by atoms with Crippen LogP contribution in [0.2, 0.25) is 18.1 Å². The molecule has 3 rings (SSSR count). The van der Waals surface area contributed by atoms with E-state index in [1.807, 2.05) is 13.8 Å².